The standard InChI is InChI=1S/C16H19F3.C9H7N3O2/c17-13-4-5-14(15(10-13)11-2-1-3-11)12-6-8-16(18,19)9-7-12;10-9(14)8-7-5(1-3-12-8)11-4-2-6(7)13/h4-5,10-12H,1-3,6-9H2;1-4H,(H2,10,14)(H,11,13). The lowest BCUT2D eigenvalue weighted by Crippen LogP contribution is -2.24. The van der Waals surface area contributed by atoms with Crippen molar-refractivity contribution in [3.05, 3.63) is 75.6 Å². The maximum absolute atomic E-state index is 13.4. The second-order valence-corrected chi connectivity index (χ2v) is 8.82. The van der Waals surface area contributed by atoms with E-state index in [1.165, 1.54) is 30.9 Å². The summed E-state index contributed by atoms with van der Waals surface area (Å²) < 4.78 is 39.9. The Morgan fingerprint density at radius 1 is 1.03 bits per heavy atom. The Morgan fingerprint density at radius 2 is 1.73 bits per heavy atom. The number of hydrogen-bond donors (Lipinski definition) is 2. The highest BCUT2D eigenvalue weighted by molar-refractivity contribution is 6.03. The third-order valence-corrected chi connectivity index (χ3v) is 6.66. The lowest BCUT2D eigenvalue weighted by atomic mass is 9.73. The van der Waals surface area contributed by atoms with Crippen molar-refractivity contribution in [2.45, 2.75) is 62.7 Å². The zero-order valence-electron chi connectivity index (χ0n) is 18.1. The topological polar surface area (TPSA) is 88.8 Å². The van der Waals surface area contributed by atoms with E-state index in [2.05, 4.69) is 9.97 Å². The molecule has 0 aliphatic heterocycles. The van der Waals surface area contributed by atoms with Gasteiger partial charge in [0.2, 0.25) is 5.92 Å². The molecule has 0 unspecified atom stereocenters. The van der Waals surface area contributed by atoms with Crippen molar-refractivity contribution in [1.82, 2.24) is 9.97 Å². The lowest BCUT2D eigenvalue weighted by molar-refractivity contribution is -0.0383. The van der Waals surface area contributed by atoms with Crippen molar-refractivity contribution in [2.24, 2.45) is 5.73 Å². The Hall–Kier alpha value is -3.16. The van der Waals surface area contributed by atoms with Gasteiger partial charge in [0.25, 0.3) is 5.91 Å². The molecule has 0 bridgehead atoms. The number of aromatic amines is 1. The van der Waals surface area contributed by atoms with Gasteiger partial charge in [0.1, 0.15) is 11.5 Å². The first-order valence-corrected chi connectivity index (χ1v) is 11.2. The molecule has 1 amide bonds. The van der Waals surface area contributed by atoms with E-state index in [0.717, 1.165) is 24.0 Å². The summed E-state index contributed by atoms with van der Waals surface area (Å²) in [6.07, 6.45) is 7.35. The predicted molar refractivity (Wildman–Crippen MR) is 120 cm³/mol. The summed E-state index contributed by atoms with van der Waals surface area (Å²) >= 11 is 0. The molecule has 0 radical (unpaired) electrons. The normalized spacial score (nSPS) is 18.3. The van der Waals surface area contributed by atoms with Gasteiger partial charge >= 0.3 is 0 Å². The fraction of sp³-hybridized carbons (Fsp3) is 0.400. The molecule has 1 aromatic carbocycles. The van der Waals surface area contributed by atoms with Gasteiger partial charge in [-0.3, -0.25) is 14.6 Å². The number of aromatic nitrogens is 2. The molecule has 33 heavy (non-hydrogen) atoms. The number of benzene rings is 1. The fourth-order valence-corrected chi connectivity index (χ4v) is 4.65. The molecule has 2 heterocycles. The van der Waals surface area contributed by atoms with E-state index in [0.29, 0.717) is 24.3 Å². The molecular weight excluding hydrogens is 431 g/mol. The van der Waals surface area contributed by atoms with E-state index in [-0.39, 0.29) is 41.1 Å². The minimum Gasteiger partial charge on any atom is -0.364 e. The van der Waals surface area contributed by atoms with Gasteiger partial charge in [-0.2, -0.15) is 0 Å². The molecule has 2 saturated carbocycles. The summed E-state index contributed by atoms with van der Waals surface area (Å²) in [5.41, 5.74) is 7.60. The number of rotatable bonds is 3. The first kappa shape index (κ1) is 23.0. The van der Waals surface area contributed by atoms with Crippen LogP contribution >= 0.6 is 0 Å². The van der Waals surface area contributed by atoms with Crippen LogP contribution in [0.15, 0.2) is 47.5 Å². The molecule has 2 aromatic heterocycles. The molecule has 0 atom stereocenters. The molecule has 3 N–H and O–H groups in total. The van der Waals surface area contributed by atoms with Crippen LogP contribution in [0.4, 0.5) is 13.2 Å². The smallest absolute Gasteiger partial charge is 0.268 e. The van der Waals surface area contributed by atoms with E-state index < -0.39 is 11.8 Å². The molecule has 0 spiro atoms. The number of H-pyrrole nitrogens is 1. The van der Waals surface area contributed by atoms with E-state index in [1.54, 1.807) is 12.1 Å². The van der Waals surface area contributed by atoms with E-state index >= 15 is 0 Å². The van der Waals surface area contributed by atoms with Gasteiger partial charge in [-0.05, 0) is 66.8 Å². The summed E-state index contributed by atoms with van der Waals surface area (Å²) in [5.74, 6) is -2.75. The second kappa shape index (κ2) is 9.37. The third-order valence-electron chi connectivity index (χ3n) is 6.66. The fourth-order valence-electron chi connectivity index (χ4n) is 4.65. The number of amides is 1. The number of fused-ring (bicyclic) bond motifs is 1. The first-order chi connectivity index (χ1) is 15.7. The van der Waals surface area contributed by atoms with Gasteiger partial charge in [-0.1, -0.05) is 12.5 Å². The van der Waals surface area contributed by atoms with Gasteiger partial charge in [0.05, 0.1) is 10.9 Å². The summed E-state index contributed by atoms with van der Waals surface area (Å²) in [5, 5.41) is 0.238. The average Bonchev–Trinajstić information content (AvgIpc) is 2.73. The zero-order chi connectivity index (χ0) is 23.6. The number of carbonyl (C=O) groups is 1. The van der Waals surface area contributed by atoms with Gasteiger partial charge in [-0.15, -0.1) is 0 Å². The van der Waals surface area contributed by atoms with Crippen molar-refractivity contribution >= 4 is 16.8 Å². The summed E-state index contributed by atoms with van der Waals surface area (Å²) in [4.78, 5) is 29.0. The maximum atomic E-state index is 13.4. The first-order valence-electron chi connectivity index (χ1n) is 11.2. The van der Waals surface area contributed by atoms with Crippen LogP contribution in [0.2, 0.25) is 0 Å². The number of carbonyl (C=O) groups excluding carboxylic acids is 1. The predicted octanol–water partition coefficient (Wildman–Crippen LogP) is 5.41. The minimum absolute atomic E-state index is 0.00403. The summed E-state index contributed by atoms with van der Waals surface area (Å²) in [6.45, 7) is 0. The number of nitrogens with zero attached hydrogens (tertiary/aromatic N) is 1. The molecule has 0 saturated heterocycles. The van der Waals surface area contributed by atoms with Crippen LogP contribution in [0.3, 0.4) is 0 Å². The lowest BCUT2D eigenvalue weighted by Gasteiger charge is -2.33. The van der Waals surface area contributed by atoms with Crippen LogP contribution in [0, 0.1) is 5.82 Å². The van der Waals surface area contributed by atoms with Crippen LogP contribution in [-0.4, -0.2) is 21.8 Å². The van der Waals surface area contributed by atoms with Crippen LogP contribution in [0.25, 0.3) is 10.9 Å². The van der Waals surface area contributed by atoms with E-state index in [4.69, 9.17) is 5.73 Å². The molecular formula is C25H26F3N3O2. The van der Waals surface area contributed by atoms with Gasteiger partial charge in [0, 0.05) is 31.3 Å². The highest BCUT2D eigenvalue weighted by Gasteiger charge is 2.36. The number of primary amides is 1. The summed E-state index contributed by atoms with van der Waals surface area (Å²) in [6, 6.07) is 7.88. The second-order valence-electron chi connectivity index (χ2n) is 8.82. The van der Waals surface area contributed by atoms with E-state index in [1.807, 2.05) is 6.07 Å². The van der Waals surface area contributed by atoms with Crippen molar-refractivity contribution in [1.29, 1.82) is 0 Å². The van der Waals surface area contributed by atoms with Gasteiger partial charge in [0.15, 0.2) is 5.43 Å². The van der Waals surface area contributed by atoms with Gasteiger partial charge in [-0.25, -0.2) is 13.2 Å². The SMILES string of the molecule is Fc1ccc(C2CCC(F)(F)CC2)c(C2CCC2)c1.NC(=O)c1nccc2[nH]ccc(=O)c12. The Bertz CT molecular complexity index is 1210. The number of halogens is 3. The van der Waals surface area contributed by atoms with E-state index in [9.17, 15) is 22.8 Å². The summed E-state index contributed by atoms with van der Waals surface area (Å²) in [7, 11) is 0. The number of nitrogens with one attached hydrogen (secondary N) is 1. The largest absolute Gasteiger partial charge is 0.364 e. The number of alkyl halides is 2. The Labute approximate surface area is 189 Å². The Morgan fingerprint density at radius 3 is 2.36 bits per heavy atom. The highest BCUT2D eigenvalue weighted by atomic mass is 19.3. The number of nitrogens with two attached hydrogens (primary N) is 1. The molecule has 2 aliphatic rings. The zero-order valence-corrected chi connectivity index (χ0v) is 18.1. The molecule has 5 rings (SSSR count). The number of hydrogen-bond acceptors (Lipinski definition) is 3. The van der Waals surface area contributed by atoms with Crippen LogP contribution in [0.5, 0.6) is 0 Å². The van der Waals surface area contributed by atoms with Crippen molar-refractivity contribution in [3.63, 3.8) is 0 Å². The number of pyridine rings is 2. The molecule has 5 nitrogen and oxygen atoms in total. The van der Waals surface area contributed by atoms with Crippen molar-refractivity contribution in [2.75, 3.05) is 0 Å². The third kappa shape index (κ3) is 5.10. The van der Waals surface area contributed by atoms with Crippen molar-refractivity contribution < 1.29 is 18.0 Å². The van der Waals surface area contributed by atoms with Crippen LogP contribution in [-0.2, 0) is 0 Å². The molecule has 174 valence electrons. The Balaban J connectivity index is 0.000000165. The molecule has 2 aliphatic carbocycles. The maximum Gasteiger partial charge on any atom is 0.268 e. The monoisotopic (exact) mass is 457 g/mol. The quantitative estimate of drug-likeness (QED) is 0.551. The molecule has 2 fully saturated rings. The van der Waals surface area contributed by atoms with Crippen LogP contribution < -0.4 is 11.2 Å². The molecule has 3 aromatic rings. The minimum atomic E-state index is -2.49. The molecule has 8 heteroatoms. The Kier molecular flexibility index (Phi) is 6.54. The van der Waals surface area contributed by atoms with Gasteiger partial charge < -0.3 is 10.7 Å². The highest BCUT2D eigenvalue weighted by Crippen LogP contribution is 2.46. The van der Waals surface area contributed by atoms with Crippen molar-refractivity contribution in [3.8, 4) is 0 Å². The average molecular weight is 457 g/mol. The van der Waals surface area contributed by atoms with Crippen LogP contribution in [0.1, 0.15) is 78.4 Å².